The number of carbonyl (C=O) groups excluding carboxylic acids is 1. The molecular formula is C21H21NO5. The van der Waals surface area contributed by atoms with Crippen LogP contribution in [-0.4, -0.2) is 48.7 Å². The van der Waals surface area contributed by atoms with Gasteiger partial charge < -0.3 is 19.5 Å². The summed E-state index contributed by atoms with van der Waals surface area (Å²) in [4.78, 5) is 26.6. The molecule has 2 aliphatic heterocycles. The third-order valence-electron chi connectivity index (χ3n) is 5.62. The lowest BCUT2D eigenvalue weighted by Crippen LogP contribution is -2.46. The zero-order valence-electron chi connectivity index (χ0n) is 15.1. The number of aliphatic carboxylic acids is 1. The van der Waals surface area contributed by atoms with Crippen LogP contribution >= 0.6 is 0 Å². The first-order valence-corrected chi connectivity index (χ1v) is 8.89. The molecule has 0 aromatic heterocycles. The molecule has 1 amide bonds. The summed E-state index contributed by atoms with van der Waals surface area (Å²) >= 11 is 0. The van der Waals surface area contributed by atoms with Gasteiger partial charge in [0, 0.05) is 24.6 Å². The number of likely N-dealkylation sites (tertiary alicyclic amines) is 1. The third-order valence-corrected chi connectivity index (χ3v) is 5.62. The predicted molar refractivity (Wildman–Crippen MR) is 98.0 cm³/mol. The van der Waals surface area contributed by atoms with Crippen molar-refractivity contribution in [3.8, 4) is 11.5 Å². The number of carbonyl (C=O) groups is 2. The molecule has 2 heterocycles. The number of amides is 1. The lowest BCUT2D eigenvalue weighted by Gasteiger charge is -2.35. The van der Waals surface area contributed by atoms with Gasteiger partial charge in [0.05, 0.1) is 13.5 Å². The van der Waals surface area contributed by atoms with Crippen LogP contribution in [0.1, 0.15) is 17.0 Å². The maximum absolute atomic E-state index is 12.9. The van der Waals surface area contributed by atoms with Crippen molar-refractivity contribution in [1.82, 2.24) is 4.90 Å². The van der Waals surface area contributed by atoms with Crippen molar-refractivity contribution in [2.75, 3.05) is 26.8 Å². The molecule has 27 heavy (non-hydrogen) atoms. The maximum atomic E-state index is 12.9. The molecule has 6 heteroatoms. The summed E-state index contributed by atoms with van der Waals surface area (Å²) in [5, 5.41) is 9.94. The second-order valence-corrected chi connectivity index (χ2v) is 7.14. The Morgan fingerprint density at radius 3 is 2.67 bits per heavy atom. The van der Waals surface area contributed by atoms with E-state index < -0.39 is 11.4 Å². The van der Waals surface area contributed by atoms with E-state index in [9.17, 15) is 14.7 Å². The Hall–Kier alpha value is -3.02. The zero-order chi connectivity index (χ0) is 19.0. The van der Waals surface area contributed by atoms with Crippen molar-refractivity contribution < 1.29 is 24.2 Å². The molecule has 0 aliphatic carbocycles. The monoisotopic (exact) mass is 367 g/mol. The number of nitrogens with zero attached hydrogens (tertiary/aromatic N) is 1. The van der Waals surface area contributed by atoms with Gasteiger partial charge in [-0.15, -0.1) is 0 Å². The molecule has 2 aromatic carbocycles. The lowest BCUT2D eigenvalue weighted by atomic mass is 9.73. The Balaban J connectivity index is 1.57. The van der Waals surface area contributed by atoms with E-state index in [4.69, 9.17) is 9.47 Å². The highest BCUT2D eigenvalue weighted by molar-refractivity contribution is 5.84. The predicted octanol–water partition coefficient (Wildman–Crippen LogP) is 2.33. The van der Waals surface area contributed by atoms with Gasteiger partial charge in [-0.25, -0.2) is 0 Å². The summed E-state index contributed by atoms with van der Waals surface area (Å²) in [7, 11) is 1.59. The first-order valence-electron chi connectivity index (χ1n) is 8.89. The SMILES string of the molecule is COc1ccc(CC(=O)N2C[C@@H]3c4ccccc4OC[C@]3(C(=O)O)C2)cc1. The van der Waals surface area contributed by atoms with Crippen LogP contribution in [0.15, 0.2) is 48.5 Å². The fraction of sp³-hybridized carbons (Fsp3) is 0.333. The molecule has 1 N–H and O–H groups in total. The number of para-hydroxylation sites is 1. The zero-order valence-corrected chi connectivity index (χ0v) is 15.1. The van der Waals surface area contributed by atoms with Crippen LogP contribution in [0.4, 0.5) is 0 Å². The highest BCUT2D eigenvalue weighted by Gasteiger charge is 2.57. The number of rotatable bonds is 4. The molecule has 0 bridgehead atoms. The maximum Gasteiger partial charge on any atom is 0.315 e. The smallest absolute Gasteiger partial charge is 0.315 e. The Labute approximate surface area is 157 Å². The van der Waals surface area contributed by atoms with Gasteiger partial charge in [-0.1, -0.05) is 30.3 Å². The lowest BCUT2D eigenvalue weighted by molar-refractivity contribution is -0.152. The van der Waals surface area contributed by atoms with Gasteiger partial charge in [0.2, 0.25) is 5.91 Å². The second-order valence-electron chi connectivity index (χ2n) is 7.14. The first kappa shape index (κ1) is 17.4. The van der Waals surface area contributed by atoms with Crippen molar-refractivity contribution in [1.29, 1.82) is 0 Å². The minimum Gasteiger partial charge on any atom is -0.497 e. The summed E-state index contributed by atoms with van der Waals surface area (Å²) in [5.41, 5.74) is 0.645. The largest absolute Gasteiger partial charge is 0.497 e. The van der Waals surface area contributed by atoms with Crippen LogP contribution in [0.25, 0.3) is 0 Å². The Morgan fingerprint density at radius 2 is 1.96 bits per heavy atom. The van der Waals surface area contributed by atoms with Crippen molar-refractivity contribution in [3.63, 3.8) is 0 Å². The number of ether oxygens (including phenoxy) is 2. The van der Waals surface area contributed by atoms with Crippen molar-refractivity contribution >= 4 is 11.9 Å². The quantitative estimate of drug-likeness (QED) is 0.898. The van der Waals surface area contributed by atoms with E-state index in [0.29, 0.717) is 12.3 Å². The van der Waals surface area contributed by atoms with Gasteiger partial charge >= 0.3 is 5.97 Å². The number of benzene rings is 2. The number of hydrogen-bond acceptors (Lipinski definition) is 4. The third kappa shape index (κ3) is 2.91. The average Bonchev–Trinajstić information content (AvgIpc) is 3.10. The van der Waals surface area contributed by atoms with Crippen LogP contribution in [-0.2, 0) is 16.0 Å². The fourth-order valence-corrected chi connectivity index (χ4v) is 4.06. The minimum absolute atomic E-state index is 0.0762. The summed E-state index contributed by atoms with van der Waals surface area (Å²) in [6.07, 6.45) is 0.231. The van der Waals surface area contributed by atoms with Crippen molar-refractivity contribution in [2.45, 2.75) is 12.3 Å². The molecule has 4 rings (SSSR count). The van der Waals surface area contributed by atoms with Crippen LogP contribution in [0.2, 0.25) is 0 Å². The van der Waals surface area contributed by atoms with Crippen LogP contribution < -0.4 is 9.47 Å². The van der Waals surface area contributed by atoms with Gasteiger partial charge in [-0.05, 0) is 23.8 Å². The molecule has 0 radical (unpaired) electrons. The normalized spacial score (nSPS) is 23.1. The fourth-order valence-electron chi connectivity index (χ4n) is 4.06. The van der Waals surface area contributed by atoms with E-state index in [2.05, 4.69) is 0 Å². The topological polar surface area (TPSA) is 76.1 Å². The van der Waals surface area contributed by atoms with Gasteiger partial charge in [-0.2, -0.15) is 0 Å². The molecule has 0 saturated carbocycles. The number of carboxylic acids is 1. The molecule has 6 nitrogen and oxygen atoms in total. The number of hydrogen-bond donors (Lipinski definition) is 1. The molecule has 2 aliphatic rings. The average molecular weight is 367 g/mol. The molecule has 1 saturated heterocycles. The number of methoxy groups -OCH3 is 1. The van der Waals surface area contributed by atoms with E-state index >= 15 is 0 Å². The summed E-state index contributed by atoms with van der Waals surface area (Å²) in [6, 6.07) is 14.8. The summed E-state index contributed by atoms with van der Waals surface area (Å²) < 4.78 is 10.9. The molecule has 2 aromatic rings. The van der Waals surface area contributed by atoms with Gasteiger partial charge in [-0.3, -0.25) is 9.59 Å². The van der Waals surface area contributed by atoms with Crippen molar-refractivity contribution in [3.05, 3.63) is 59.7 Å². The van der Waals surface area contributed by atoms with E-state index in [1.54, 1.807) is 12.0 Å². The highest BCUT2D eigenvalue weighted by atomic mass is 16.5. The van der Waals surface area contributed by atoms with Crippen LogP contribution in [0.3, 0.4) is 0 Å². The van der Waals surface area contributed by atoms with Gasteiger partial charge in [0.1, 0.15) is 23.5 Å². The van der Waals surface area contributed by atoms with E-state index in [1.807, 2.05) is 48.5 Å². The molecule has 2 atom stereocenters. The van der Waals surface area contributed by atoms with E-state index in [-0.39, 0.29) is 31.4 Å². The minimum atomic E-state index is -1.09. The van der Waals surface area contributed by atoms with Gasteiger partial charge in [0.15, 0.2) is 0 Å². The molecule has 0 unspecified atom stereocenters. The Morgan fingerprint density at radius 1 is 1.22 bits per heavy atom. The first-order chi connectivity index (χ1) is 13.0. The second kappa shape index (κ2) is 6.61. The van der Waals surface area contributed by atoms with Crippen LogP contribution in [0, 0.1) is 5.41 Å². The Bertz CT molecular complexity index is 878. The Kier molecular flexibility index (Phi) is 4.26. The van der Waals surface area contributed by atoms with E-state index in [1.165, 1.54) is 0 Å². The highest BCUT2D eigenvalue weighted by Crippen LogP contribution is 2.49. The van der Waals surface area contributed by atoms with Crippen LogP contribution in [0.5, 0.6) is 11.5 Å². The number of fused-ring (bicyclic) bond motifs is 3. The van der Waals surface area contributed by atoms with Gasteiger partial charge in [0.25, 0.3) is 0 Å². The standard InChI is InChI=1S/C21H21NO5/c1-26-15-8-6-14(7-9-15)10-19(23)22-11-17-16-4-2-3-5-18(16)27-13-21(17,12-22)20(24)25/h2-9,17H,10-13H2,1H3,(H,24,25)/t17-,21-/m1/s1. The number of carboxylic acid groups (broad SMARTS) is 1. The van der Waals surface area contributed by atoms with E-state index in [0.717, 1.165) is 16.9 Å². The summed E-state index contributed by atoms with van der Waals surface area (Å²) in [6.45, 7) is 0.633. The molecule has 1 fully saturated rings. The molecule has 140 valence electrons. The molecule has 0 spiro atoms. The molecular weight excluding hydrogens is 346 g/mol. The van der Waals surface area contributed by atoms with Crippen molar-refractivity contribution in [2.24, 2.45) is 5.41 Å². The summed E-state index contributed by atoms with van der Waals surface area (Å²) in [5.74, 6) is 0.190.